The van der Waals surface area contributed by atoms with Crippen molar-refractivity contribution in [3.8, 4) is 5.75 Å². The van der Waals surface area contributed by atoms with Crippen molar-refractivity contribution < 1.29 is 24.2 Å². The van der Waals surface area contributed by atoms with E-state index in [1.807, 2.05) is 30.3 Å². The molecule has 2 aromatic rings. The van der Waals surface area contributed by atoms with Crippen LogP contribution in [0.2, 0.25) is 0 Å². The van der Waals surface area contributed by atoms with Gasteiger partial charge in [0.2, 0.25) is 0 Å². The van der Waals surface area contributed by atoms with Crippen LogP contribution in [-0.2, 0) is 16.1 Å². The molecular formula is C18H17NO5. The lowest BCUT2D eigenvalue weighted by atomic mass is 10.1. The van der Waals surface area contributed by atoms with Crippen molar-refractivity contribution in [3.63, 3.8) is 0 Å². The highest BCUT2D eigenvalue weighted by molar-refractivity contribution is 6.00. The van der Waals surface area contributed by atoms with Gasteiger partial charge in [-0.1, -0.05) is 30.3 Å². The summed E-state index contributed by atoms with van der Waals surface area (Å²) in [6.45, 7) is 1.58. The van der Waals surface area contributed by atoms with Gasteiger partial charge in [0.25, 0.3) is 5.91 Å². The van der Waals surface area contributed by atoms with Gasteiger partial charge in [0.1, 0.15) is 24.7 Å². The average Bonchev–Trinajstić information content (AvgIpc) is 2.60. The van der Waals surface area contributed by atoms with Crippen molar-refractivity contribution in [1.29, 1.82) is 0 Å². The maximum Gasteiger partial charge on any atom is 0.328 e. The number of aldehydes is 1. The van der Waals surface area contributed by atoms with Gasteiger partial charge in [-0.05, 0) is 30.7 Å². The number of ether oxygens (including phenoxy) is 1. The number of hydrogen-bond donors (Lipinski definition) is 2. The van der Waals surface area contributed by atoms with Crippen molar-refractivity contribution in [2.24, 2.45) is 0 Å². The Labute approximate surface area is 139 Å². The number of hydrogen-bond acceptors (Lipinski definition) is 5. The monoisotopic (exact) mass is 327 g/mol. The van der Waals surface area contributed by atoms with Crippen LogP contribution in [0.15, 0.2) is 48.5 Å². The van der Waals surface area contributed by atoms with Gasteiger partial charge in [0.05, 0.1) is 5.56 Å². The fraction of sp³-hybridized carbons (Fsp3) is 0.167. The topological polar surface area (TPSA) is 92.7 Å². The van der Waals surface area contributed by atoms with E-state index in [0.29, 0.717) is 6.29 Å². The fourth-order valence-electron chi connectivity index (χ4n) is 2.00. The van der Waals surface area contributed by atoms with Gasteiger partial charge in [-0.3, -0.25) is 9.59 Å². The molecule has 6 nitrogen and oxygen atoms in total. The first kappa shape index (κ1) is 17.2. The molecule has 1 atom stereocenters. The van der Waals surface area contributed by atoms with Crippen molar-refractivity contribution in [2.75, 3.05) is 0 Å². The van der Waals surface area contributed by atoms with E-state index in [2.05, 4.69) is 5.32 Å². The lowest BCUT2D eigenvalue weighted by Crippen LogP contribution is -2.39. The number of benzene rings is 2. The third-order valence-electron chi connectivity index (χ3n) is 3.33. The standard InChI is InChI=1S/C18H17NO5/c1-12(18(23)24-11-13-5-3-2-4-6-13)19-17(22)15-9-14(10-20)7-8-16(15)21/h2-10,12,21H,11H2,1H3,(H,19,22)/t12-/m0/s1. The highest BCUT2D eigenvalue weighted by Crippen LogP contribution is 2.17. The van der Waals surface area contributed by atoms with Crippen LogP contribution >= 0.6 is 0 Å². The van der Waals surface area contributed by atoms with Crippen LogP contribution in [0.3, 0.4) is 0 Å². The van der Waals surface area contributed by atoms with Crippen LogP contribution in [0.4, 0.5) is 0 Å². The van der Waals surface area contributed by atoms with Crippen molar-refractivity contribution >= 4 is 18.2 Å². The molecule has 2 rings (SSSR count). The van der Waals surface area contributed by atoms with E-state index in [1.54, 1.807) is 0 Å². The SMILES string of the molecule is C[C@H](NC(=O)c1cc(C=O)ccc1O)C(=O)OCc1ccccc1. The molecule has 124 valence electrons. The van der Waals surface area contributed by atoms with E-state index in [9.17, 15) is 19.5 Å². The van der Waals surface area contributed by atoms with Crippen molar-refractivity contribution in [3.05, 3.63) is 65.2 Å². The largest absolute Gasteiger partial charge is 0.507 e. The minimum Gasteiger partial charge on any atom is -0.507 e. The zero-order valence-corrected chi connectivity index (χ0v) is 13.1. The van der Waals surface area contributed by atoms with Gasteiger partial charge < -0.3 is 15.2 Å². The Kier molecular flexibility index (Phi) is 5.68. The van der Waals surface area contributed by atoms with Gasteiger partial charge >= 0.3 is 5.97 Å². The molecule has 2 aromatic carbocycles. The number of carbonyl (C=O) groups is 3. The lowest BCUT2D eigenvalue weighted by Gasteiger charge is -2.14. The summed E-state index contributed by atoms with van der Waals surface area (Å²) in [5.41, 5.74) is 1.00. The molecule has 0 spiro atoms. The zero-order valence-electron chi connectivity index (χ0n) is 13.1. The number of phenolic OH excluding ortho intramolecular Hbond substituents is 1. The molecule has 6 heteroatoms. The fourth-order valence-corrected chi connectivity index (χ4v) is 2.00. The molecule has 0 radical (unpaired) electrons. The second-order valence-corrected chi connectivity index (χ2v) is 5.18. The number of rotatable bonds is 6. The second-order valence-electron chi connectivity index (χ2n) is 5.18. The molecule has 0 aromatic heterocycles. The molecule has 0 bridgehead atoms. The third-order valence-corrected chi connectivity index (χ3v) is 3.33. The normalized spacial score (nSPS) is 11.4. The Balaban J connectivity index is 1.95. The van der Waals surface area contributed by atoms with Crippen molar-refractivity contribution in [2.45, 2.75) is 19.6 Å². The Bertz CT molecular complexity index is 742. The Morgan fingerprint density at radius 3 is 2.58 bits per heavy atom. The van der Waals surface area contributed by atoms with E-state index < -0.39 is 17.9 Å². The number of phenols is 1. The van der Waals surface area contributed by atoms with Crippen LogP contribution in [0, 0.1) is 0 Å². The molecule has 0 saturated carbocycles. The van der Waals surface area contributed by atoms with Crippen molar-refractivity contribution in [1.82, 2.24) is 5.32 Å². The molecule has 0 saturated heterocycles. The molecule has 0 aliphatic heterocycles. The third kappa shape index (κ3) is 4.42. The first-order chi connectivity index (χ1) is 11.5. The summed E-state index contributed by atoms with van der Waals surface area (Å²) in [7, 11) is 0. The average molecular weight is 327 g/mol. The van der Waals surface area contributed by atoms with Crippen LogP contribution in [0.5, 0.6) is 5.75 Å². The molecular weight excluding hydrogens is 310 g/mol. The molecule has 0 heterocycles. The maximum atomic E-state index is 12.1. The molecule has 24 heavy (non-hydrogen) atoms. The number of amides is 1. The van der Waals surface area contributed by atoms with Gasteiger partial charge in [-0.25, -0.2) is 4.79 Å². The number of nitrogens with one attached hydrogen (secondary N) is 1. The maximum absolute atomic E-state index is 12.1. The lowest BCUT2D eigenvalue weighted by molar-refractivity contribution is -0.146. The summed E-state index contributed by atoms with van der Waals surface area (Å²) >= 11 is 0. The van der Waals surface area contributed by atoms with E-state index in [0.717, 1.165) is 5.56 Å². The van der Waals surface area contributed by atoms with Gasteiger partial charge in [-0.2, -0.15) is 0 Å². The summed E-state index contributed by atoms with van der Waals surface area (Å²) in [6.07, 6.45) is 0.563. The van der Waals surface area contributed by atoms with E-state index in [1.165, 1.54) is 25.1 Å². The molecule has 0 aliphatic rings. The summed E-state index contributed by atoms with van der Waals surface area (Å²) < 4.78 is 5.13. The predicted octanol–water partition coefficient (Wildman–Crippen LogP) is 2.07. The van der Waals surface area contributed by atoms with Gasteiger partial charge in [0, 0.05) is 5.56 Å². The smallest absolute Gasteiger partial charge is 0.328 e. The molecule has 0 fully saturated rings. The minimum absolute atomic E-state index is 0.0812. The van der Waals surface area contributed by atoms with Crippen LogP contribution in [-0.4, -0.2) is 29.3 Å². The summed E-state index contributed by atoms with van der Waals surface area (Å²) in [5.74, 6) is -1.54. The predicted molar refractivity (Wildman–Crippen MR) is 86.7 cm³/mol. The summed E-state index contributed by atoms with van der Waals surface area (Å²) in [6, 6.07) is 12.1. The Morgan fingerprint density at radius 1 is 1.21 bits per heavy atom. The van der Waals surface area contributed by atoms with Crippen LogP contribution < -0.4 is 5.32 Å². The highest BCUT2D eigenvalue weighted by atomic mass is 16.5. The zero-order chi connectivity index (χ0) is 17.5. The molecule has 2 N–H and O–H groups in total. The minimum atomic E-state index is -0.902. The van der Waals surface area contributed by atoms with Gasteiger partial charge in [0.15, 0.2) is 0 Å². The molecule has 0 aliphatic carbocycles. The Morgan fingerprint density at radius 2 is 1.92 bits per heavy atom. The van der Waals surface area contributed by atoms with Gasteiger partial charge in [-0.15, -0.1) is 0 Å². The summed E-state index contributed by atoms with van der Waals surface area (Å²) in [4.78, 5) is 34.8. The van der Waals surface area contributed by atoms with E-state index >= 15 is 0 Å². The van der Waals surface area contributed by atoms with E-state index in [4.69, 9.17) is 4.74 Å². The number of carbonyl (C=O) groups excluding carboxylic acids is 3. The Hall–Kier alpha value is -3.15. The number of esters is 1. The second kappa shape index (κ2) is 7.92. The molecule has 1 amide bonds. The number of aromatic hydroxyl groups is 1. The first-order valence-electron chi connectivity index (χ1n) is 7.31. The van der Waals surface area contributed by atoms with E-state index in [-0.39, 0.29) is 23.5 Å². The van der Waals surface area contributed by atoms with Crippen LogP contribution in [0.25, 0.3) is 0 Å². The molecule has 0 unspecified atom stereocenters. The van der Waals surface area contributed by atoms with Crippen LogP contribution in [0.1, 0.15) is 33.2 Å². The summed E-state index contributed by atoms with van der Waals surface area (Å²) in [5, 5.41) is 12.1. The highest BCUT2D eigenvalue weighted by Gasteiger charge is 2.20. The quantitative estimate of drug-likeness (QED) is 0.626. The first-order valence-corrected chi connectivity index (χ1v) is 7.31.